The molecule has 0 aliphatic carbocycles. The molecule has 3 N–H and O–H groups in total. The molecule has 10 heavy (non-hydrogen) atoms. The van der Waals surface area contributed by atoms with Gasteiger partial charge in [-0.3, -0.25) is 0 Å². The van der Waals surface area contributed by atoms with E-state index in [1.165, 1.54) is 0 Å². The average molecular weight is 146 g/mol. The van der Waals surface area contributed by atoms with Gasteiger partial charge < -0.3 is 20.1 Å². The zero-order valence-electron chi connectivity index (χ0n) is 5.77. The van der Waals surface area contributed by atoms with Crippen molar-refractivity contribution in [2.45, 2.75) is 24.3 Å². The maximum Gasteiger partial charge on any atom is 0.142 e. The minimum absolute atomic E-state index is 0.247. The van der Waals surface area contributed by atoms with Crippen molar-refractivity contribution in [2.75, 3.05) is 6.61 Å². The van der Waals surface area contributed by atoms with Gasteiger partial charge in [0.25, 0.3) is 0 Å². The van der Waals surface area contributed by atoms with Crippen LogP contribution in [0, 0.1) is 0 Å². The van der Waals surface area contributed by atoms with Gasteiger partial charge in [0, 0.05) is 0 Å². The Kier molecular flexibility index (Phi) is 2.30. The summed E-state index contributed by atoms with van der Waals surface area (Å²) in [6, 6.07) is -0.382. The fraction of sp³-hybridized carbons (Fsp3) is 1.00. The van der Waals surface area contributed by atoms with Crippen LogP contribution in [0.5, 0.6) is 0 Å². The summed E-state index contributed by atoms with van der Waals surface area (Å²) < 4.78 is 4.98. The van der Waals surface area contributed by atoms with Crippen molar-refractivity contribution < 1.29 is 20.1 Å². The maximum atomic E-state index is 9.09. The molecule has 1 aliphatic rings. The zero-order valence-corrected chi connectivity index (χ0v) is 5.77. The molecule has 0 saturated carbocycles. The monoisotopic (exact) mass is 146 g/mol. The lowest BCUT2D eigenvalue weighted by atomic mass is 9.93. The third-order valence-corrected chi connectivity index (χ3v) is 1.78. The summed E-state index contributed by atoms with van der Waals surface area (Å²) in [5, 5.41) is 26.8. The van der Waals surface area contributed by atoms with Crippen LogP contribution in [0.3, 0.4) is 0 Å². The molecule has 0 aromatic rings. The Bertz CT molecular complexity index is 120. The first kappa shape index (κ1) is 8.01. The van der Waals surface area contributed by atoms with Gasteiger partial charge in [-0.1, -0.05) is 0 Å². The molecule has 0 radical (unpaired) electrons. The van der Waals surface area contributed by atoms with Crippen molar-refractivity contribution in [2.24, 2.45) is 0 Å². The fourth-order valence-electron chi connectivity index (χ4n) is 1.09. The van der Waals surface area contributed by atoms with Crippen LogP contribution >= 0.6 is 0 Å². The molecule has 1 aliphatic heterocycles. The van der Waals surface area contributed by atoms with E-state index in [1.807, 2.05) is 0 Å². The second-order valence-electron chi connectivity index (χ2n) is 2.54. The Morgan fingerprint density at radius 3 is 2.10 bits per heavy atom. The summed E-state index contributed by atoms with van der Waals surface area (Å²) in [6.07, 6.45) is -2.43. The smallest absolute Gasteiger partial charge is 0.142 e. The van der Waals surface area contributed by atoms with Crippen molar-refractivity contribution in [1.29, 1.82) is 0 Å². The van der Waals surface area contributed by atoms with Crippen LogP contribution < -0.4 is 0 Å². The number of aliphatic hydroxyl groups is 3. The predicted octanol–water partition coefficient (Wildman–Crippen LogP) is -2.94. The molecule has 4 atom stereocenters. The lowest BCUT2D eigenvalue weighted by Gasteiger charge is -2.10. The molecule has 0 bridgehead atoms. The minimum Gasteiger partial charge on any atom is -0.394 e. The van der Waals surface area contributed by atoms with Crippen LogP contribution in [0.25, 0.3) is 0 Å². The van der Waals surface area contributed by atoms with Gasteiger partial charge in [0.2, 0.25) is 0 Å². The SMILES string of the molecule is BC1OC(CO)C(O)C1O. The molecule has 0 aromatic carbocycles. The first-order chi connectivity index (χ1) is 4.66. The molecule has 4 unspecified atom stereocenters. The van der Waals surface area contributed by atoms with E-state index >= 15 is 0 Å². The Morgan fingerprint density at radius 2 is 1.90 bits per heavy atom. The molecular weight excluding hydrogens is 135 g/mol. The van der Waals surface area contributed by atoms with Crippen molar-refractivity contribution in [3.63, 3.8) is 0 Å². The highest BCUT2D eigenvalue weighted by molar-refractivity contribution is 6.11. The summed E-state index contributed by atoms with van der Waals surface area (Å²) in [5.41, 5.74) is 0. The summed E-state index contributed by atoms with van der Waals surface area (Å²) in [6.45, 7) is -0.247. The van der Waals surface area contributed by atoms with Crippen molar-refractivity contribution in [1.82, 2.24) is 0 Å². The fourth-order valence-corrected chi connectivity index (χ4v) is 1.09. The molecule has 4 nitrogen and oxygen atoms in total. The minimum atomic E-state index is -0.944. The van der Waals surface area contributed by atoms with Gasteiger partial charge in [0.15, 0.2) is 0 Å². The number of hydrogen-bond donors (Lipinski definition) is 3. The van der Waals surface area contributed by atoms with E-state index in [1.54, 1.807) is 7.85 Å². The zero-order chi connectivity index (χ0) is 7.72. The van der Waals surface area contributed by atoms with Gasteiger partial charge in [-0.05, 0) is 0 Å². The van der Waals surface area contributed by atoms with Gasteiger partial charge in [-0.2, -0.15) is 0 Å². The number of aliphatic hydroxyl groups excluding tert-OH is 3. The Balaban J connectivity index is 2.53. The second-order valence-corrected chi connectivity index (χ2v) is 2.54. The number of hydrogen-bond acceptors (Lipinski definition) is 4. The van der Waals surface area contributed by atoms with Gasteiger partial charge in [0.1, 0.15) is 26.2 Å². The van der Waals surface area contributed by atoms with Crippen molar-refractivity contribution in [3.05, 3.63) is 0 Å². The number of ether oxygens (including phenoxy) is 1. The summed E-state index contributed by atoms with van der Waals surface area (Å²) >= 11 is 0. The van der Waals surface area contributed by atoms with Gasteiger partial charge in [0.05, 0.1) is 12.6 Å². The maximum absolute atomic E-state index is 9.09. The molecule has 0 aromatic heterocycles. The van der Waals surface area contributed by atoms with Crippen LogP contribution in [-0.2, 0) is 4.74 Å². The van der Waals surface area contributed by atoms with E-state index in [9.17, 15) is 0 Å². The van der Waals surface area contributed by atoms with Crippen LogP contribution in [0.1, 0.15) is 0 Å². The molecule has 58 valence electrons. The summed E-state index contributed by atoms with van der Waals surface area (Å²) in [4.78, 5) is 0. The Labute approximate surface area is 59.8 Å². The first-order valence-electron chi connectivity index (χ1n) is 3.29. The van der Waals surface area contributed by atoms with Gasteiger partial charge in [-0.25, -0.2) is 0 Å². The van der Waals surface area contributed by atoms with Crippen LogP contribution in [0.2, 0.25) is 0 Å². The quantitative estimate of drug-likeness (QED) is 0.346. The van der Waals surface area contributed by atoms with E-state index < -0.39 is 18.3 Å². The van der Waals surface area contributed by atoms with Crippen molar-refractivity contribution >= 4 is 7.85 Å². The molecule has 1 fully saturated rings. The molecule has 0 spiro atoms. The molecule has 5 heteroatoms. The van der Waals surface area contributed by atoms with E-state index in [0.717, 1.165) is 0 Å². The van der Waals surface area contributed by atoms with Gasteiger partial charge in [-0.15, -0.1) is 0 Å². The summed E-state index contributed by atoms with van der Waals surface area (Å²) in [7, 11) is 1.66. The third kappa shape index (κ3) is 1.18. The highest BCUT2D eigenvalue weighted by Gasteiger charge is 2.39. The molecule has 1 saturated heterocycles. The largest absolute Gasteiger partial charge is 0.394 e. The highest BCUT2D eigenvalue weighted by atomic mass is 16.5. The average Bonchev–Trinajstić information content (AvgIpc) is 2.17. The van der Waals surface area contributed by atoms with E-state index in [0.29, 0.717) is 0 Å². The first-order valence-corrected chi connectivity index (χ1v) is 3.29. The Hall–Kier alpha value is -0.0951. The van der Waals surface area contributed by atoms with E-state index in [-0.39, 0.29) is 12.6 Å². The number of rotatable bonds is 1. The van der Waals surface area contributed by atoms with Crippen LogP contribution in [0.15, 0.2) is 0 Å². The molecule has 0 amide bonds. The van der Waals surface area contributed by atoms with E-state index in [2.05, 4.69) is 0 Å². The Morgan fingerprint density at radius 1 is 1.30 bits per heavy atom. The topological polar surface area (TPSA) is 69.9 Å². The summed E-state index contributed by atoms with van der Waals surface area (Å²) in [5.74, 6) is 0. The third-order valence-electron chi connectivity index (χ3n) is 1.78. The van der Waals surface area contributed by atoms with Crippen LogP contribution in [-0.4, -0.2) is 54.1 Å². The highest BCUT2D eigenvalue weighted by Crippen LogP contribution is 2.18. The lowest BCUT2D eigenvalue weighted by Crippen LogP contribution is -2.33. The standard InChI is InChI=1S/C5H11BO4/c6-5-4(9)3(8)2(1-7)10-5/h2-5,7-9H,1,6H2. The molecule has 1 heterocycles. The lowest BCUT2D eigenvalue weighted by molar-refractivity contribution is -0.00875. The molecule has 1 rings (SSSR count). The second kappa shape index (κ2) is 2.88. The normalized spacial score (nSPS) is 47.9. The molecular formula is C5H11BO4. The van der Waals surface area contributed by atoms with E-state index in [4.69, 9.17) is 20.1 Å². The van der Waals surface area contributed by atoms with Crippen LogP contribution in [0.4, 0.5) is 0 Å². The van der Waals surface area contributed by atoms with Crippen molar-refractivity contribution in [3.8, 4) is 0 Å². The predicted molar refractivity (Wildman–Crippen MR) is 36.3 cm³/mol. The van der Waals surface area contributed by atoms with Gasteiger partial charge >= 0.3 is 0 Å².